The van der Waals surface area contributed by atoms with Gasteiger partial charge in [-0.15, -0.1) is 0 Å². The third-order valence-corrected chi connectivity index (χ3v) is 2.73. The normalized spacial score (nSPS) is 17.2. The third-order valence-electron chi connectivity index (χ3n) is 2.73. The smallest absolute Gasteiger partial charge is 0.423 e. The van der Waals surface area contributed by atoms with Crippen molar-refractivity contribution < 1.29 is 10.0 Å². The molecule has 0 aromatic heterocycles. The lowest BCUT2D eigenvalue weighted by molar-refractivity contribution is 0.426. The standard InChI is InChI=1S/C10H10BNO2/c12-7-10(5-6-10)8-1-3-9(4-2-8)11(13)14/h1-4,13-14H,5-6H2. The zero-order valence-corrected chi connectivity index (χ0v) is 7.64. The van der Waals surface area contributed by atoms with Gasteiger partial charge in [-0.05, 0) is 23.9 Å². The van der Waals surface area contributed by atoms with Crippen LogP contribution in [0.3, 0.4) is 0 Å². The SMILES string of the molecule is N#CC1(c2ccc(B(O)O)cc2)CC1. The molecule has 0 saturated heterocycles. The number of rotatable bonds is 2. The van der Waals surface area contributed by atoms with Crippen LogP contribution in [0.25, 0.3) is 0 Å². The minimum absolute atomic E-state index is 0.293. The molecule has 0 aliphatic heterocycles. The van der Waals surface area contributed by atoms with E-state index in [1.165, 1.54) is 0 Å². The van der Waals surface area contributed by atoms with Crippen LogP contribution in [-0.2, 0) is 5.41 Å². The Kier molecular flexibility index (Phi) is 2.07. The second kappa shape index (κ2) is 3.12. The predicted molar refractivity (Wildman–Crippen MR) is 52.8 cm³/mol. The van der Waals surface area contributed by atoms with Gasteiger partial charge in [-0.3, -0.25) is 0 Å². The number of hydrogen-bond acceptors (Lipinski definition) is 3. The zero-order chi connectivity index (χ0) is 10.2. The van der Waals surface area contributed by atoms with Gasteiger partial charge in [-0.1, -0.05) is 24.3 Å². The van der Waals surface area contributed by atoms with Gasteiger partial charge in [0.1, 0.15) is 0 Å². The van der Waals surface area contributed by atoms with Crippen LogP contribution in [0.5, 0.6) is 0 Å². The number of nitriles is 1. The third kappa shape index (κ3) is 1.41. The van der Waals surface area contributed by atoms with E-state index in [2.05, 4.69) is 6.07 Å². The lowest BCUT2D eigenvalue weighted by Crippen LogP contribution is -2.29. The molecule has 0 radical (unpaired) electrons. The Morgan fingerprint density at radius 1 is 1.21 bits per heavy atom. The van der Waals surface area contributed by atoms with Crippen molar-refractivity contribution in [2.24, 2.45) is 0 Å². The average molecular weight is 187 g/mol. The minimum Gasteiger partial charge on any atom is -0.423 e. The molecule has 0 amide bonds. The maximum Gasteiger partial charge on any atom is 0.488 e. The number of nitrogens with zero attached hydrogens (tertiary/aromatic N) is 1. The van der Waals surface area contributed by atoms with Crippen LogP contribution >= 0.6 is 0 Å². The molecule has 3 nitrogen and oxygen atoms in total. The molecule has 4 heteroatoms. The molecule has 14 heavy (non-hydrogen) atoms. The van der Waals surface area contributed by atoms with Gasteiger partial charge in [-0.25, -0.2) is 0 Å². The minimum atomic E-state index is -1.43. The van der Waals surface area contributed by atoms with Gasteiger partial charge < -0.3 is 10.0 Å². The van der Waals surface area contributed by atoms with E-state index in [4.69, 9.17) is 15.3 Å². The first-order chi connectivity index (χ1) is 6.68. The quantitative estimate of drug-likeness (QED) is 0.636. The van der Waals surface area contributed by atoms with Crippen molar-refractivity contribution in [2.45, 2.75) is 18.3 Å². The van der Waals surface area contributed by atoms with Gasteiger partial charge in [-0.2, -0.15) is 5.26 Å². The van der Waals surface area contributed by atoms with E-state index in [1.807, 2.05) is 0 Å². The van der Waals surface area contributed by atoms with Crippen LogP contribution in [0.2, 0.25) is 0 Å². The second-order valence-electron chi connectivity index (χ2n) is 3.69. The zero-order valence-electron chi connectivity index (χ0n) is 7.64. The summed E-state index contributed by atoms with van der Waals surface area (Å²) in [4.78, 5) is 0. The summed E-state index contributed by atoms with van der Waals surface area (Å²) >= 11 is 0. The van der Waals surface area contributed by atoms with E-state index in [0.29, 0.717) is 5.46 Å². The summed E-state index contributed by atoms with van der Waals surface area (Å²) in [5, 5.41) is 26.7. The van der Waals surface area contributed by atoms with Gasteiger partial charge in [0.2, 0.25) is 0 Å². The highest BCUT2D eigenvalue weighted by Crippen LogP contribution is 2.47. The Hall–Kier alpha value is -1.31. The van der Waals surface area contributed by atoms with Gasteiger partial charge in [0, 0.05) is 0 Å². The molecule has 0 atom stereocenters. The largest absolute Gasteiger partial charge is 0.488 e. The number of hydrogen-bond donors (Lipinski definition) is 2. The fourth-order valence-corrected chi connectivity index (χ4v) is 1.56. The second-order valence-corrected chi connectivity index (χ2v) is 3.69. The summed E-state index contributed by atoms with van der Waals surface area (Å²) in [6.07, 6.45) is 1.81. The fraction of sp³-hybridized carbons (Fsp3) is 0.300. The predicted octanol–water partition coefficient (Wildman–Crippen LogP) is -0.0784. The lowest BCUT2D eigenvalue weighted by atomic mass is 9.79. The Morgan fingerprint density at radius 2 is 1.79 bits per heavy atom. The molecule has 1 aromatic rings. The monoisotopic (exact) mass is 187 g/mol. The van der Waals surface area contributed by atoms with E-state index >= 15 is 0 Å². The molecule has 2 rings (SSSR count). The summed E-state index contributed by atoms with van der Waals surface area (Å²) in [5.41, 5.74) is 1.14. The van der Waals surface area contributed by atoms with Crippen molar-refractivity contribution in [3.05, 3.63) is 29.8 Å². The van der Waals surface area contributed by atoms with Crippen molar-refractivity contribution in [3.8, 4) is 6.07 Å². The van der Waals surface area contributed by atoms with Crippen molar-refractivity contribution in [1.29, 1.82) is 5.26 Å². The Bertz CT molecular complexity index is 376. The van der Waals surface area contributed by atoms with Gasteiger partial charge in [0.15, 0.2) is 0 Å². The molecule has 1 aliphatic rings. The van der Waals surface area contributed by atoms with E-state index < -0.39 is 7.12 Å². The average Bonchev–Trinajstić information content (AvgIpc) is 2.99. The highest BCUT2D eigenvalue weighted by Gasteiger charge is 2.44. The highest BCUT2D eigenvalue weighted by molar-refractivity contribution is 6.58. The van der Waals surface area contributed by atoms with Crippen LogP contribution in [0.1, 0.15) is 18.4 Å². The first-order valence-corrected chi connectivity index (χ1v) is 4.56. The summed E-state index contributed by atoms with van der Waals surface area (Å²) in [6.45, 7) is 0. The molecule has 0 unspecified atom stereocenters. The van der Waals surface area contributed by atoms with Crippen LogP contribution in [0, 0.1) is 11.3 Å². The Morgan fingerprint density at radius 3 is 2.14 bits per heavy atom. The molecule has 2 N–H and O–H groups in total. The van der Waals surface area contributed by atoms with Gasteiger partial charge in [0.25, 0.3) is 0 Å². The molecule has 1 saturated carbocycles. The van der Waals surface area contributed by atoms with E-state index in [9.17, 15) is 0 Å². The molecular formula is C10H10BNO2. The van der Waals surface area contributed by atoms with Crippen molar-refractivity contribution in [1.82, 2.24) is 0 Å². The molecule has 0 spiro atoms. The molecule has 1 aliphatic carbocycles. The van der Waals surface area contributed by atoms with Crippen LogP contribution in [0.4, 0.5) is 0 Å². The Labute approximate surface area is 82.8 Å². The summed E-state index contributed by atoms with van der Waals surface area (Å²) in [6, 6.07) is 9.19. The fourth-order valence-electron chi connectivity index (χ4n) is 1.56. The van der Waals surface area contributed by atoms with E-state index in [-0.39, 0.29) is 5.41 Å². The first-order valence-electron chi connectivity index (χ1n) is 4.56. The van der Waals surface area contributed by atoms with Crippen molar-refractivity contribution in [3.63, 3.8) is 0 Å². The topological polar surface area (TPSA) is 64.2 Å². The van der Waals surface area contributed by atoms with Gasteiger partial charge in [0.05, 0.1) is 11.5 Å². The highest BCUT2D eigenvalue weighted by atomic mass is 16.4. The van der Waals surface area contributed by atoms with E-state index in [0.717, 1.165) is 18.4 Å². The molecule has 0 bridgehead atoms. The molecule has 70 valence electrons. The first kappa shape index (κ1) is 9.26. The maximum absolute atomic E-state index is 8.94. The van der Waals surface area contributed by atoms with Crippen molar-refractivity contribution in [2.75, 3.05) is 0 Å². The lowest BCUT2D eigenvalue weighted by Gasteiger charge is -2.06. The van der Waals surface area contributed by atoms with Crippen LogP contribution in [-0.4, -0.2) is 17.2 Å². The maximum atomic E-state index is 8.94. The molecule has 1 aromatic carbocycles. The van der Waals surface area contributed by atoms with Crippen LogP contribution in [0.15, 0.2) is 24.3 Å². The molecule has 0 heterocycles. The number of benzene rings is 1. The summed E-state index contributed by atoms with van der Waals surface area (Å²) < 4.78 is 0. The summed E-state index contributed by atoms with van der Waals surface area (Å²) in [5.74, 6) is 0. The molecule has 1 fully saturated rings. The van der Waals surface area contributed by atoms with Gasteiger partial charge >= 0.3 is 7.12 Å². The molecular weight excluding hydrogens is 177 g/mol. The Balaban J connectivity index is 2.28. The van der Waals surface area contributed by atoms with E-state index in [1.54, 1.807) is 24.3 Å². The summed E-state index contributed by atoms with van der Waals surface area (Å²) in [7, 11) is -1.43. The van der Waals surface area contributed by atoms with Crippen molar-refractivity contribution >= 4 is 12.6 Å². The van der Waals surface area contributed by atoms with Crippen LogP contribution < -0.4 is 5.46 Å².